The molecule has 0 saturated carbocycles. The normalized spacial score (nSPS) is 11.6. The van der Waals surface area contributed by atoms with E-state index in [9.17, 15) is 4.79 Å². The van der Waals surface area contributed by atoms with E-state index in [1.165, 1.54) is 0 Å². The van der Waals surface area contributed by atoms with Gasteiger partial charge in [0.1, 0.15) is 0 Å². The van der Waals surface area contributed by atoms with Gasteiger partial charge in [-0.2, -0.15) is 0 Å². The first-order valence-corrected chi connectivity index (χ1v) is 7.64. The third-order valence-electron chi connectivity index (χ3n) is 3.41. The van der Waals surface area contributed by atoms with Gasteiger partial charge in [-0.15, -0.1) is 0 Å². The Bertz CT molecular complexity index is 624. The highest BCUT2D eigenvalue weighted by molar-refractivity contribution is 5.75. The van der Waals surface area contributed by atoms with Gasteiger partial charge < -0.3 is 9.47 Å². The molecule has 2 aromatic rings. The van der Waals surface area contributed by atoms with Gasteiger partial charge in [-0.05, 0) is 32.4 Å². The Morgan fingerprint density at radius 3 is 2.10 bits per heavy atom. The number of ether oxygens (including phenoxy) is 2. The molecule has 21 heavy (non-hydrogen) atoms. The van der Waals surface area contributed by atoms with Crippen molar-refractivity contribution in [3.8, 4) is 0 Å². The number of hydrogen-bond donors (Lipinski definition) is 0. The van der Waals surface area contributed by atoms with Crippen LogP contribution in [0.4, 0.5) is 0 Å². The number of hydrogen-bond acceptors (Lipinski definition) is 3. The van der Waals surface area contributed by atoms with E-state index in [0.717, 1.165) is 24.0 Å². The molecular formula is C16H24N2O3. The predicted molar refractivity (Wildman–Crippen MR) is 83.5 cm³/mol. The molecule has 116 valence electrons. The summed E-state index contributed by atoms with van der Waals surface area (Å²) < 4.78 is 14.7. The van der Waals surface area contributed by atoms with Crippen LogP contribution in [0.15, 0.2) is 29.1 Å². The second-order valence-corrected chi connectivity index (χ2v) is 4.87. The quantitative estimate of drug-likeness (QED) is 0.703. The molecule has 0 saturated heterocycles. The Hall–Kier alpha value is -1.59. The summed E-state index contributed by atoms with van der Waals surface area (Å²) >= 11 is 0. The van der Waals surface area contributed by atoms with Crippen LogP contribution >= 0.6 is 0 Å². The molecule has 0 radical (unpaired) electrons. The van der Waals surface area contributed by atoms with Crippen molar-refractivity contribution in [3.05, 3.63) is 34.7 Å². The van der Waals surface area contributed by atoms with Crippen molar-refractivity contribution in [3.63, 3.8) is 0 Å². The van der Waals surface area contributed by atoms with Crippen LogP contribution in [0.3, 0.4) is 0 Å². The molecule has 0 aliphatic heterocycles. The molecule has 0 unspecified atom stereocenters. The van der Waals surface area contributed by atoms with Gasteiger partial charge in [-0.1, -0.05) is 19.1 Å². The van der Waals surface area contributed by atoms with E-state index < -0.39 is 6.29 Å². The number of benzene rings is 1. The van der Waals surface area contributed by atoms with E-state index in [1.807, 2.05) is 42.7 Å². The molecule has 0 fully saturated rings. The zero-order valence-electron chi connectivity index (χ0n) is 13.0. The molecule has 0 N–H and O–H groups in total. The lowest BCUT2D eigenvalue weighted by atomic mass is 10.3. The van der Waals surface area contributed by atoms with E-state index in [0.29, 0.717) is 19.8 Å². The van der Waals surface area contributed by atoms with Crippen molar-refractivity contribution in [2.75, 3.05) is 13.2 Å². The largest absolute Gasteiger partial charge is 0.351 e. The molecule has 0 spiro atoms. The average Bonchev–Trinajstić information content (AvgIpc) is 2.74. The molecular weight excluding hydrogens is 268 g/mol. The number of fused-ring (bicyclic) bond motifs is 1. The fourth-order valence-electron chi connectivity index (χ4n) is 2.56. The van der Waals surface area contributed by atoms with Crippen LogP contribution < -0.4 is 5.69 Å². The summed E-state index contributed by atoms with van der Waals surface area (Å²) in [6, 6.07) is 7.86. The lowest BCUT2D eigenvalue weighted by Gasteiger charge is -2.17. The van der Waals surface area contributed by atoms with Crippen molar-refractivity contribution in [2.45, 2.75) is 46.6 Å². The fraction of sp³-hybridized carbons (Fsp3) is 0.562. The molecule has 5 nitrogen and oxygen atoms in total. The van der Waals surface area contributed by atoms with Gasteiger partial charge in [0, 0.05) is 19.8 Å². The third-order valence-corrected chi connectivity index (χ3v) is 3.41. The zero-order chi connectivity index (χ0) is 15.2. The Kier molecular flexibility index (Phi) is 5.59. The van der Waals surface area contributed by atoms with Crippen molar-refractivity contribution >= 4 is 11.0 Å². The summed E-state index contributed by atoms with van der Waals surface area (Å²) in [5.41, 5.74) is 1.90. The van der Waals surface area contributed by atoms with Crippen molar-refractivity contribution in [2.24, 2.45) is 0 Å². The number of aryl methyl sites for hydroxylation is 1. The standard InChI is InChI=1S/C16H24N2O3/c1-4-11-17-13-9-7-8-10-14(13)18(16(17)19)12-15(20-5-2)21-6-3/h7-10,15H,4-6,11-12H2,1-3H3. The van der Waals surface area contributed by atoms with Gasteiger partial charge in [0.05, 0.1) is 17.6 Å². The predicted octanol–water partition coefficient (Wildman–Crippen LogP) is 2.61. The highest BCUT2D eigenvalue weighted by atomic mass is 16.7. The molecule has 1 aromatic heterocycles. The molecule has 0 aliphatic rings. The van der Waals surface area contributed by atoms with Crippen LogP contribution in [0.2, 0.25) is 0 Å². The molecule has 1 heterocycles. The summed E-state index contributed by atoms with van der Waals surface area (Å²) in [5, 5.41) is 0. The Morgan fingerprint density at radius 2 is 1.57 bits per heavy atom. The van der Waals surface area contributed by atoms with Gasteiger partial charge in [-0.3, -0.25) is 9.13 Å². The van der Waals surface area contributed by atoms with E-state index >= 15 is 0 Å². The second kappa shape index (κ2) is 7.43. The number of aromatic nitrogens is 2. The van der Waals surface area contributed by atoms with Crippen molar-refractivity contribution in [1.29, 1.82) is 0 Å². The minimum absolute atomic E-state index is 0.00227. The van der Waals surface area contributed by atoms with Crippen LogP contribution in [0, 0.1) is 0 Å². The Balaban J connectivity index is 2.43. The minimum atomic E-state index is -0.390. The smallest absolute Gasteiger partial charge is 0.329 e. The number of imidazole rings is 1. The molecule has 0 atom stereocenters. The maximum Gasteiger partial charge on any atom is 0.329 e. The van der Waals surface area contributed by atoms with Crippen LogP contribution in [-0.4, -0.2) is 28.6 Å². The first kappa shape index (κ1) is 15.8. The summed E-state index contributed by atoms with van der Waals surface area (Å²) in [6.45, 7) is 8.18. The van der Waals surface area contributed by atoms with E-state index in [2.05, 4.69) is 6.92 Å². The van der Waals surface area contributed by atoms with Crippen LogP contribution in [-0.2, 0) is 22.6 Å². The SMILES string of the molecule is CCCn1c(=O)n(CC(OCC)OCC)c2ccccc21. The Labute approximate surface area is 125 Å². The van der Waals surface area contributed by atoms with Gasteiger partial charge >= 0.3 is 5.69 Å². The lowest BCUT2D eigenvalue weighted by Crippen LogP contribution is -2.31. The zero-order valence-corrected chi connectivity index (χ0v) is 13.0. The summed E-state index contributed by atoms with van der Waals surface area (Å²) in [6.07, 6.45) is 0.535. The number of nitrogens with zero attached hydrogens (tertiary/aromatic N) is 2. The van der Waals surface area contributed by atoms with Gasteiger partial charge in [0.25, 0.3) is 0 Å². The maximum absolute atomic E-state index is 12.6. The molecule has 0 amide bonds. The average molecular weight is 292 g/mol. The first-order valence-electron chi connectivity index (χ1n) is 7.64. The summed E-state index contributed by atoms with van der Waals surface area (Å²) in [5.74, 6) is 0. The van der Waals surface area contributed by atoms with Crippen molar-refractivity contribution in [1.82, 2.24) is 9.13 Å². The molecule has 0 aliphatic carbocycles. The second-order valence-electron chi connectivity index (χ2n) is 4.87. The van der Waals surface area contributed by atoms with E-state index in [4.69, 9.17) is 9.47 Å². The summed E-state index contributed by atoms with van der Waals surface area (Å²) in [4.78, 5) is 12.6. The topological polar surface area (TPSA) is 45.4 Å². The molecule has 0 bridgehead atoms. The minimum Gasteiger partial charge on any atom is -0.351 e. The summed E-state index contributed by atoms with van der Waals surface area (Å²) in [7, 11) is 0. The van der Waals surface area contributed by atoms with Crippen molar-refractivity contribution < 1.29 is 9.47 Å². The van der Waals surface area contributed by atoms with Gasteiger partial charge in [0.15, 0.2) is 6.29 Å². The number of rotatable bonds is 8. The first-order chi connectivity index (χ1) is 10.2. The van der Waals surface area contributed by atoms with Crippen LogP contribution in [0.5, 0.6) is 0 Å². The molecule has 2 rings (SSSR count). The van der Waals surface area contributed by atoms with Gasteiger partial charge in [-0.25, -0.2) is 4.79 Å². The highest BCUT2D eigenvalue weighted by Crippen LogP contribution is 2.14. The highest BCUT2D eigenvalue weighted by Gasteiger charge is 2.16. The van der Waals surface area contributed by atoms with Crippen LogP contribution in [0.1, 0.15) is 27.2 Å². The van der Waals surface area contributed by atoms with E-state index in [-0.39, 0.29) is 5.69 Å². The Morgan fingerprint density at radius 1 is 1.00 bits per heavy atom. The third kappa shape index (κ3) is 3.36. The molecule has 5 heteroatoms. The fourth-order valence-corrected chi connectivity index (χ4v) is 2.56. The van der Waals surface area contributed by atoms with Gasteiger partial charge in [0.2, 0.25) is 0 Å². The molecule has 1 aromatic carbocycles. The van der Waals surface area contributed by atoms with Crippen LogP contribution in [0.25, 0.3) is 11.0 Å². The maximum atomic E-state index is 12.6. The van der Waals surface area contributed by atoms with E-state index in [1.54, 1.807) is 4.57 Å². The number of para-hydroxylation sites is 2. The monoisotopic (exact) mass is 292 g/mol. The lowest BCUT2D eigenvalue weighted by molar-refractivity contribution is -0.143.